The van der Waals surface area contributed by atoms with Crippen molar-refractivity contribution in [3.8, 4) is 5.75 Å². The molecule has 0 saturated heterocycles. The number of Topliss-reactive ketones (excluding diaryl/α,β-unsaturated/α-hetero) is 1. The molecule has 2 N–H and O–H groups in total. The van der Waals surface area contributed by atoms with Gasteiger partial charge in [0.15, 0.2) is 5.78 Å². The minimum Gasteiger partial charge on any atom is -0.496 e. The first-order valence-corrected chi connectivity index (χ1v) is 6.63. The monoisotopic (exact) mass is 299 g/mol. The number of ether oxygens (including phenoxy) is 1. The van der Waals surface area contributed by atoms with E-state index in [1.807, 2.05) is 0 Å². The van der Waals surface area contributed by atoms with E-state index < -0.39 is 6.10 Å². The standard InChI is InChI=1S/C14H18ClNO4/c1-9(17)8-16-14(19)6-4-12(18)11-7-10(15)3-5-13(11)20-2/h3,5,7,9,17H,4,6,8H2,1-2H3,(H,16,19). The van der Waals surface area contributed by atoms with Gasteiger partial charge < -0.3 is 15.2 Å². The zero-order valence-electron chi connectivity index (χ0n) is 11.5. The van der Waals surface area contributed by atoms with Crippen LogP contribution in [0.4, 0.5) is 0 Å². The summed E-state index contributed by atoms with van der Waals surface area (Å²) in [6.07, 6.45) is -0.494. The van der Waals surface area contributed by atoms with Crippen LogP contribution in [0.5, 0.6) is 5.75 Å². The van der Waals surface area contributed by atoms with Gasteiger partial charge >= 0.3 is 0 Å². The van der Waals surface area contributed by atoms with Gasteiger partial charge in [0.2, 0.25) is 5.91 Å². The van der Waals surface area contributed by atoms with Gasteiger partial charge in [-0.25, -0.2) is 0 Å². The SMILES string of the molecule is COc1ccc(Cl)cc1C(=O)CCC(=O)NCC(C)O. The minimum absolute atomic E-state index is 0.0568. The summed E-state index contributed by atoms with van der Waals surface area (Å²) in [7, 11) is 1.47. The lowest BCUT2D eigenvalue weighted by Gasteiger charge is -2.09. The Morgan fingerprint density at radius 1 is 1.40 bits per heavy atom. The second kappa shape index (κ2) is 7.87. The zero-order chi connectivity index (χ0) is 15.1. The molecular weight excluding hydrogens is 282 g/mol. The Morgan fingerprint density at radius 3 is 2.70 bits per heavy atom. The summed E-state index contributed by atoms with van der Waals surface area (Å²) in [5.41, 5.74) is 0.364. The Hall–Kier alpha value is -1.59. The van der Waals surface area contributed by atoms with Crippen LogP contribution < -0.4 is 10.1 Å². The van der Waals surface area contributed by atoms with Gasteiger partial charge in [-0.1, -0.05) is 11.6 Å². The van der Waals surface area contributed by atoms with E-state index in [-0.39, 0.29) is 31.1 Å². The Bertz CT molecular complexity index is 488. The number of amides is 1. The van der Waals surface area contributed by atoms with Gasteiger partial charge in [0, 0.05) is 24.4 Å². The minimum atomic E-state index is -0.609. The van der Waals surface area contributed by atoms with E-state index in [0.29, 0.717) is 16.3 Å². The van der Waals surface area contributed by atoms with E-state index in [0.717, 1.165) is 0 Å². The maximum Gasteiger partial charge on any atom is 0.220 e. The maximum absolute atomic E-state index is 12.1. The van der Waals surface area contributed by atoms with Gasteiger partial charge in [0.25, 0.3) is 0 Å². The summed E-state index contributed by atoms with van der Waals surface area (Å²) in [6, 6.07) is 4.77. The number of hydrogen-bond donors (Lipinski definition) is 2. The quantitative estimate of drug-likeness (QED) is 0.753. The molecule has 0 saturated carbocycles. The van der Waals surface area contributed by atoms with Gasteiger partial charge in [-0.05, 0) is 25.1 Å². The zero-order valence-corrected chi connectivity index (χ0v) is 12.2. The van der Waals surface area contributed by atoms with Crippen LogP contribution in [-0.4, -0.2) is 36.6 Å². The number of benzene rings is 1. The lowest BCUT2D eigenvalue weighted by molar-refractivity contribution is -0.121. The van der Waals surface area contributed by atoms with Crippen LogP contribution in [0.25, 0.3) is 0 Å². The topological polar surface area (TPSA) is 75.6 Å². The molecule has 1 unspecified atom stereocenters. The number of ketones is 1. The van der Waals surface area contributed by atoms with E-state index >= 15 is 0 Å². The third kappa shape index (κ3) is 5.19. The van der Waals surface area contributed by atoms with Crippen molar-refractivity contribution < 1.29 is 19.4 Å². The van der Waals surface area contributed by atoms with Crippen molar-refractivity contribution in [3.05, 3.63) is 28.8 Å². The van der Waals surface area contributed by atoms with Crippen LogP contribution in [0.1, 0.15) is 30.1 Å². The summed E-state index contributed by atoms with van der Waals surface area (Å²) in [6.45, 7) is 1.75. The Labute approximate surface area is 122 Å². The van der Waals surface area contributed by atoms with Gasteiger partial charge in [-0.15, -0.1) is 0 Å². The average Bonchev–Trinajstić information content (AvgIpc) is 2.42. The summed E-state index contributed by atoms with van der Waals surface area (Å²) in [5, 5.41) is 12.0. The highest BCUT2D eigenvalue weighted by Crippen LogP contribution is 2.24. The predicted molar refractivity (Wildman–Crippen MR) is 76.3 cm³/mol. The lowest BCUT2D eigenvalue weighted by atomic mass is 10.1. The molecule has 1 amide bonds. The average molecular weight is 300 g/mol. The molecule has 6 heteroatoms. The van der Waals surface area contributed by atoms with E-state index in [9.17, 15) is 9.59 Å². The molecule has 0 bridgehead atoms. The fraction of sp³-hybridized carbons (Fsp3) is 0.429. The highest BCUT2D eigenvalue weighted by atomic mass is 35.5. The van der Waals surface area contributed by atoms with Crippen molar-refractivity contribution >= 4 is 23.3 Å². The number of halogens is 1. The Morgan fingerprint density at radius 2 is 2.10 bits per heavy atom. The molecule has 1 atom stereocenters. The van der Waals surface area contributed by atoms with E-state index in [1.165, 1.54) is 13.2 Å². The number of methoxy groups -OCH3 is 1. The second-order valence-electron chi connectivity index (χ2n) is 4.42. The number of carbonyl (C=O) groups excluding carboxylic acids is 2. The molecule has 5 nitrogen and oxygen atoms in total. The lowest BCUT2D eigenvalue weighted by Crippen LogP contribution is -2.30. The predicted octanol–water partition coefficient (Wildman–Crippen LogP) is 1.81. The normalized spacial score (nSPS) is 11.8. The van der Waals surface area contributed by atoms with Crippen molar-refractivity contribution in [2.45, 2.75) is 25.9 Å². The highest BCUT2D eigenvalue weighted by Gasteiger charge is 2.14. The van der Waals surface area contributed by atoms with E-state index in [4.69, 9.17) is 21.4 Å². The van der Waals surface area contributed by atoms with Crippen LogP contribution in [0, 0.1) is 0 Å². The number of hydrogen-bond acceptors (Lipinski definition) is 4. The summed E-state index contributed by atoms with van der Waals surface area (Å²) >= 11 is 5.85. The molecular formula is C14H18ClNO4. The molecule has 0 radical (unpaired) electrons. The van der Waals surface area contributed by atoms with E-state index in [2.05, 4.69) is 5.32 Å². The molecule has 1 aromatic carbocycles. The van der Waals surface area contributed by atoms with Crippen molar-refractivity contribution in [1.29, 1.82) is 0 Å². The first kappa shape index (κ1) is 16.5. The van der Waals surface area contributed by atoms with Gasteiger partial charge in [-0.3, -0.25) is 9.59 Å². The Kier molecular flexibility index (Phi) is 6.48. The van der Waals surface area contributed by atoms with Crippen LogP contribution in [0.15, 0.2) is 18.2 Å². The molecule has 0 aliphatic heterocycles. The van der Waals surface area contributed by atoms with Gasteiger partial charge in [0.1, 0.15) is 5.75 Å². The van der Waals surface area contributed by atoms with Crippen LogP contribution in [0.2, 0.25) is 5.02 Å². The molecule has 110 valence electrons. The van der Waals surface area contributed by atoms with Crippen LogP contribution in [0.3, 0.4) is 0 Å². The van der Waals surface area contributed by atoms with Gasteiger partial charge in [0.05, 0.1) is 18.8 Å². The van der Waals surface area contributed by atoms with E-state index in [1.54, 1.807) is 19.1 Å². The first-order valence-electron chi connectivity index (χ1n) is 6.25. The van der Waals surface area contributed by atoms with Crippen LogP contribution >= 0.6 is 11.6 Å². The molecule has 0 heterocycles. The Balaban J connectivity index is 2.59. The second-order valence-corrected chi connectivity index (χ2v) is 4.86. The van der Waals surface area contributed by atoms with Crippen LogP contribution in [-0.2, 0) is 4.79 Å². The smallest absolute Gasteiger partial charge is 0.220 e. The first-order chi connectivity index (χ1) is 9.43. The van der Waals surface area contributed by atoms with Crippen molar-refractivity contribution in [2.75, 3.05) is 13.7 Å². The van der Waals surface area contributed by atoms with Crippen molar-refractivity contribution in [2.24, 2.45) is 0 Å². The molecule has 1 aromatic rings. The van der Waals surface area contributed by atoms with Gasteiger partial charge in [-0.2, -0.15) is 0 Å². The molecule has 20 heavy (non-hydrogen) atoms. The summed E-state index contributed by atoms with van der Waals surface area (Å²) < 4.78 is 5.09. The molecule has 0 spiro atoms. The summed E-state index contributed by atoms with van der Waals surface area (Å²) in [4.78, 5) is 23.5. The largest absolute Gasteiger partial charge is 0.496 e. The fourth-order valence-electron chi connectivity index (χ4n) is 1.61. The number of nitrogens with one attached hydrogen (secondary N) is 1. The summed E-state index contributed by atoms with van der Waals surface area (Å²) in [5.74, 6) is -0.0550. The maximum atomic E-state index is 12.1. The third-order valence-corrected chi connectivity index (χ3v) is 2.87. The highest BCUT2D eigenvalue weighted by molar-refractivity contribution is 6.31. The molecule has 1 rings (SSSR count). The van der Waals surface area contributed by atoms with Crippen molar-refractivity contribution in [3.63, 3.8) is 0 Å². The number of rotatable bonds is 7. The molecule has 0 fully saturated rings. The molecule has 0 aromatic heterocycles. The number of aliphatic hydroxyl groups is 1. The number of aliphatic hydroxyl groups excluding tert-OH is 1. The fourth-order valence-corrected chi connectivity index (χ4v) is 1.78. The third-order valence-electron chi connectivity index (χ3n) is 2.64. The molecule has 0 aliphatic rings. The number of carbonyl (C=O) groups is 2. The molecule has 0 aliphatic carbocycles. The van der Waals surface area contributed by atoms with Crippen molar-refractivity contribution in [1.82, 2.24) is 5.32 Å².